The Bertz CT molecular complexity index is 584. The minimum Gasteiger partial charge on any atom is -0.493 e. The summed E-state index contributed by atoms with van der Waals surface area (Å²) >= 11 is 0. The average Bonchev–Trinajstić information content (AvgIpc) is 3.01. The zero-order valence-corrected chi connectivity index (χ0v) is 15.2. The topological polar surface area (TPSA) is 41.6 Å². The molecule has 0 radical (unpaired) electrons. The Balaban J connectivity index is 1.42. The second kappa shape index (κ2) is 7.14. The van der Waals surface area contributed by atoms with Crippen LogP contribution in [0.4, 0.5) is 0 Å². The van der Waals surface area contributed by atoms with Gasteiger partial charge in [0.25, 0.3) is 0 Å². The Morgan fingerprint density at radius 2 is 2.04 bits per heavy atom. The van der Waals surface area contributed by atoms with Gasteiger partial charge in [-0.1, -0.05) is 32.9 Å². The molecule has 1 aromatic carbocycles. The van der Waals surface area contributed by atoms with Gasteiger partial charge in [-0.15, -0.1) is 0 Å². The van der Waals surface area contributed by atoms with Crippen LogP contribution >= 0.6 is 0 Å². The molecule has 4 heteroatoms. The van der Waals surface area contributed by atoms with Crippen molar-refractivity contribution in [2.24, 2.45) is 5.41 Å². The van der Waals surface area contributed by atoms with E-state index in [9.17, 15) is 4.79 Å². The van der Waals surface area contributed by atoms with Crippen molar-refractivity contribution in [2.45, 2.75) is 52.5 Å². The third-order valence-corrected chi connectivity index (χ3v) is 5.07. The highest BCUT2D eigenvalue weighted by Crippen LogP contribution is 2.26. The third-order valence-electron chi connectivity index (χ3n) is 5.07. The van der Waals surface area contributed by atoms with E-state index >= 15 is 0 Å². The molecule has 0 aromatic heterocycles. The molecule has 2 heterocycles. The number of benzene rings is 1. The third kappa shape index (κ3) is 4.29. The average molecular weight is 330 g/mol. The standard InChI is InChI=1S/C20H30N2O2/c1-20(2,3)19(23)21-17-7-11-22(12-8-17)10-6-15-4-5-18-16(14-15)9-13-24-18/h4-5,14,17H,6-13H2,1-3H3,(H,21,23). The van der Waals surface area contributed by atoms with Crippen LogP contribution in [-0.4, -0.2) is 43.1 Å². The van der Waals surface area contributed by atoms with Crippen LogP contribution in [0.15, 0.2) is 18.2 Å². The number of rotatable bonds is 4. The van der Waals surface area contributed by atoms with Crippen molar-refractivity contribution in [2.75, 3.05) is 26.2 Å². The molecular weight excluding hydrogens is 300 g/mol. The predicted molar refractivity (Wildman–Crippen MR) is 96.4 cm³/mol. The summed E-state index contributed by atoms with van der Waals surface area (Å²) in [6.07, 6.45) is 4.24. The first-order valence-electron chi connectivity index (χ1n) is 9.20. The Morgan fingerprint density at radius 3 is 2.75 bits per heavy atom. The lowest BCUT2D eigenvalue weighted by molar-refractivity contribution is -0.129. The van der Waals surface area contributed by atoms with Crippen LogP contribution in [0.5, 0.6) is 5.75 Å². The monoisotopic (exact) mass is 330 g/mol. The van der Waals surface area contributed by atoms with Gasteiger partial charge in [0.2, 0.25) is 5.91 Å². The van der Waals surface area contributed by atoms with E-state index in [0.29, 0.717) is 6.04 Å². The summed E-state index contributed by atoms with van der Waals surface area (Å²) < 4.78 is 5.57. The molecule has 1 fully saturated rings. The molecule has 132 valence electrons. The van der Waals surface area contributed by atoms with Gasteiger partial charge in [0, 0.05) is 37.5 Å². The van der Waals surface area contributed by atoms with E-state index in [4.69, 9.17) is 4.74 Å². The van der Waals surface area contributed by atoms with Crippen molar-refractivity contribution < 1.29 is 9.53 Å². The van der Waals surface area contributed by atoms with Gasteiger partial charge in [-0.3, -0.25) is 4.79 Å². The van der Waals surface area contributed by atoms with Crippen LogP contribution < -0.4 is 10.1 Å². The van der Waals surface area contributed by atoms with E-state index in [1.54, 1.807) is 0 Å². The quantitative estimate of drug-likeness (QED) is 0.923. The molecule has 0 saturated carbocycles. The van der Waals surface area contributed by atoms with Gasteiger partial charge < -0.3 is 15.0 Å². The molecule has 1 amide bonds. The molecule has 3 rings (SSSR count). The molecule has 1 saturated heterocycles. The van der Waals surface area contributed by atoms with Gasteiger partial charge in [0.1, 0.15) is 5.75 Å². The van der Waals surface area contributed by atoms with Crippen LogP contribution in [0, 0.1) is 5.41 Å². The molecule has 0 unspecified atom stereocenters. The molecule has 2 aliphatic rings. The highest BCUT2D eigenvalue weighted by molar-refractivity contribution is 5.81. The lowest BCUT2D eigenvalue weighted by atomic mass is 9.94. The van der Waals surface area contributed by atoms with Gasteiger partial charge >= 0.3 is 0 Å². The van der Waals surface area contributed by atoms with Gasteiger partial charge in [0.05, 0.1) is 6.61 Å². The van der Waals surface area contributed by atoms with Gasteiger partial charge in [0.15, 0.2) is 0 Å². The fraction of sp³-hybridized carbons (Fsp3) is 0.650. The molecule has 24 heavy (non-hydrogen) atoms. The lowest BCUT2D eigenvalue weighted by Gasteiger charge is -2.33. The van der Waals surface area contributed by atoms with Gasteiger partial charge in [-0.2, -0.15) is 0 Å². The van der Waals surface area contributed by atoms with Crippen molar-refractivity contribution in [3.05, 3.63) is 29.3 Å². The van der Waals surface area contributed by atoms with Crippen LogP contribution in [0.3, 0.4) is 0 Å². The number of carbonyl (C=O) groups excluding carboxylic acids is 1. The molecule has 4 nitrogen and oxygen atoms in total. The van der Waals surface area contributed by atoms with Gasteiger partial charge in [-0.05, 0) is 36.5 Å². The maximum Gasteiger partial charge on any atom is 0.225 e. The number of hydrogen-bond acceptors (Lipinski definition) is 3. The highest BCUT2D eigenvalue weighted by atomic mass is 16.5. The Morgan fingerprint density at radius 1 is 1.29 bits per heavy atom. The maximum atomic E-state index is 12.1. The molecule has 0 spiro atoms. The summed E-state index contributed by atoms with van der Waals surface area (Å²) in [7, 11) is 0. The summed E-state index contributed by atoms with van der Waals surface area (Å²) in [6.45, 7) is 9.98. The van der Waals surface area contributed by atoms with Crippen molar-refractivity contribution >= 4 is 5.91 Å². The minimum atomic E-state index is -0.297. The van der Waals surface area contributed by atoms with E-state index in [-0.39, 0.29) is 11.3 Å². The second-order valence-electron chi connectivity index (χ2n) is 8.13. The van der Waals surface area contributed by atoms with Crippen molar-refractivity contribution in [3.63, 3.8) is 0 Å². The molecule has 1 aromatic rings. The SMILES string of the molecule is CC(C)(C)C(=O)NC1CCN(CCc2ccc3c(c2)CCO3)CC1. The summed E-state index contributed by atoms with van der Waals surface area (Å²) in [4.78, 5) is 14.6. The van der Waals surface area contributed by atoms with Gasteiger partial charge in [-0.25, -0.2) is 0 Å². The van der Waals surface area contributed by atoms with E-state index in [0.717, 1.165) is 57.7 Å². The smallest absolute Gasteiger partial charge is 0.225 e. The zero-order valence-electron chi connectivity index (χ0n) is 15.2. The Labute approximate surface area is 145 Å². The van der Waals surface area contributed by atoms with Crippen LogP contribution in [-0.2, 0) is 17.6 Å². The molecule has 0 bridgehead atoms. The highest BCUT2D eigenvalue weighted by Gasteiger charge is 2.26. The normalized spacial score (nSPS) is 19.0. The molecule has 1 N–H and O–H groups in total. The second-order valence-corrected chi connectivity index (χ2v) is 8.13. The number of hydrogen-bond donors (Lipinski definition) is 1. The summed E-state index contributed by atoms with van der Waals surface area (Å²) in [6, 6.07) is 6.95. The van der Waals surface area contributed by atoms with Crippen molar-refractivity contribution in [3.8, 4) is 5.75 Å². The fourth-order valence-corrected chi connectivity index (χ4v) is 3.39. The zero-order chi connectivity index (χ0) is 17.2. The number of likely N-dealkylation sites (tertiary alicyclic amines) is 1. The van der Waals surface area contributed by atoms with E-state index in [2.05, 4.69) is 28.4 Å². The molecule has 0 atom stereocenters. The Hall–Kier alpha value is -1.55. The Kier molecular flexibility index (Phi) is 5.14. The fourth-order valence-electron chi connectivity index (χ4n) is 3.39. The number of nitrogens with zero attached hydrogens (tertiary/aromatic N) is 1. The first kappa shape index (κ1) is 17.3. The maximum absolute atomic E-state index is 12.1. The van der Waals surface area contributed by atoms with Crippen molar-refractivity contribution in [1.82, 2.24) is 10.2 Å². The molecule has 2 aliphatic heterocycles. The molecule has 0 aliphatic carbocycles. The predicted octanol–water partition coefficient (Wildman–Crippen LogP) is 2.79. The number of fused-ring (bicyclic) bond motifs is 1. The number of amides is 1. The van der Waals surface area contributed by atoms with Crippen LogP contribution in [0.1, 0.15) is 44.7 Å². The number of piperidine rings is 1. The van der Waals surface area contributed by atoms with Crippen LogP contribution in [0.2, 0.25) is 0 Å². The van der Waals surface area contributed by atoms with E-state index in [1.165, 1.54) is 11.1 Å². The number of ether oxygens (including phenoxy) is 1. The first-order valence-corrected chi connectivity index (χ1v) is 9.20. The summed E-state index contributed by atoms with van der Waals surface area (Å²) in [5.74, 6) is 1.23. The summed E-state index contributed by atoms with van der Waals surface area (Å²) in [5, 5.41) is 3.20. The minimum absolute atomic E-state index is 0.168. The van der Waals surface area contributed by atoms with E-state index < -0.39 is 0 Å². The summed E-state index contributed by atoms with van der Waals surface area (Å²) in [5.41, 5.74) is 2.47. The first-order chi connectivity index (χ1) is 11.4. The van der Waals surface area contributed by atoms with Crippen LogP contribution in [0.25, 0.3) is 0 Å². The van der Waals surface area contributed by atoms with Crippen molar-refractivity contribution in [1.29, 1.82) is 0 Å². The lowest BCUT2D eigenvalue weighted by Crippen LogP contribution is -2.48. The number of nitrogens with one attached hydrogen (secondary N) is 1. The number of carbonyl (C=O) groups is 1. The van der Waals surface area contributed by atoms with E-state index in [1.807, 2.05) is 20.8 Å². The molecular formula is C20H30N2O2. The largest absolute Gasteiger partial charge is 0.493 e.